The van der Waals surface area contributed by atoms with Crippen LogP contribution in [0, 0.1) is 6.92 Å². The number of hydrogen-bond acceptors (Lipinski definition) is 3. The van der Waals surface area contributed by atoms with Crippen molar-refractivity contribution in [1.82, 2.24) is 10.2 Å². The molecule has 3 N–H and O–H groups in total. The van der Waals surface area contributed by atoms with Gasteiger partial charge in [-0.15, -0.1) is 11.3 Å². The monoisotopic (exact) mass is 257 g/mol. The third-order valence-electron chi connectivity index (χ3n) is 2.87. The van der Waals surface area contributed by atoms with Gasteiger partial charge in [0.1, 0.15) is 5.69 Å². The summed E-state index contributed by atoms with van der Waals surface area (Å²) >= 11 is 1.72. The van der Waals surface area contributed by atoms with Crippen molar-refractivity contribution >= 4 is 27.3 Å². The van der Waals surface area contributed by atoms with Crippen LogP contribution >= 0.6 is 11.3 Å². The molecule has 0 aliphatic heterocycles. The zero-order valence-electron chi connectivity index (χ0n) is 9.73. The average Bonchev–Trinajstić information content (AvgIpc) is 2.91. The molecule has 1 aromatic carbocycles. The number of carbonyl (C=O) groups excluding carboxylic acids is 1. The summed E-state index contributed by atoms with van der Waals surface area (Å²) in [7, 11) is 0. The van der Waals surface area contributed by atoms with Crippen LogP contribution in [0.25, 0.3) is 21.3 Å². The number of hydrogen-bond donors (Lipinski definition) is 2. The number of aromatic amines is 1. The zero-order valence-corrected chi connectivity index (χ0v) is 10.5. The maximum Gasteiger partial charge on any atom is 0.266 e. The van der Waals surface area contributed by atoms with Gasteiger partial charge in [-0.2, -0.15) is 5.10 Å². The fraction of sp³-hybridized carbons (Fsp3) is 0.0769. The molecular weight excluding hydrogens is 246 g/mol. The zero-order chi connectivity index (χ0) is 12.7. The lowest BCUT2D eigenvalue weighted by atomic mass is 10.1. The normalized spacial score (nSPS) is 10.9. The lowest BCUT2D eigenvalue weighted by molar-refractivity contribution is 0.0995. The SMILES string of the molecule is Cc1sc2ccccc2c1-c1cc(C(N)=O)[nH]n1. The molecule has 3 rings (SSSR count). The first-order valence-corrected chi connectivity index (χ1v) is 6.32. The Bertz CT molecular complexity index is 742. The highest BCUT2D eigenvalue weighted by Gasteiger charge is 2.14. The molecule has 2 aromatic heterocycles. The summed E-state index contributed by atoms with van der Waals surface area (Å²) in [6, 6.07) is 9.86. The van der Waals surface area contributed by atoms with Crippen LogP contribution in [-0.4, -0.2) is 16.1 Å². The largest absolute Gasteiger partial charge is 0.364 e. The maximum absolute atomic E-state index is 11.1. The molecule has 0 saturated carbocycles. The number of thiophene rings is 1. The van der Waals surface area contributed by atoms with Crippen molar-refractivity contribution in [2.24, 2.45) is 5.73 Å². The van der Waals surface area contributed by atoms with Crippen molar-refractivity contribution in [2.45, 2.75) is 6.92 Å². The summed E-state index contributed by atoms with van der Waals surface area (Å²) in [5.74, 6) is -0.495. The summed E-state index contributed by atoms with van der Waals surface area (Å²) in [6.45, 7) is 2.05. The van der Waals surface area contributed by atoms with Gasteiger partial charge >= 0.3 is 0 Å². The number of carbonyl (C=O) groups is 1. The number of nitrogens with one attached hydrogen (secondary N) is 1. The Hall–Kier alpha value is -2.14. The summed E-state index contributed by atoms with van der Waals surface area (Å²) < 4.78 is 1.22. The molecule has 90 valence electrons. The molecule has 0 unspecified atom stereocenters. The van der Waals surface area contributed by atoms with E-state index in [2.05, 4.69) is 29.3 Å². The van der Waals surface area contributed by atoms with Crippen molar-refractivity contribution in [3.8, 4) is 11.3 Å². The highest BCUT2D eigenvalue weighted by molar-refractivity contribution is 7.19. The second kappa shape index (κ2) is 3.96. The Morgan fingerprint density at radius 3 is 2.89 bits per heavy atom. The highest BCUT2D eigenvalue weighted by Crippen LogP contribution is 2.37. The maximum atomic E-state index is 11.1. The minimum atomic E-state index is -0.495. The highest BCUT2D eigenvalue weighted by atomic mass is 32.1. The molecule has 2 heterocycles. The molecule has 1 amide bonds. The molecule has 4 nitrogen and oxygen atoms in total. The van der Waals surface area contributed by atoms with Gasteiger partial charge in [-0.25, -0.2) is 0 Å². The molecule has 0 fully saturated rings. The van der Waals surface area contributed by atoms with Gasteiger partial charge in [-0.3, -0.25) is 9.89 Å². The Morgan fingerprint density at radius 1 is 1.39 bits per heavy atom. The van der Waals surface area contributed by atoms with E-state index in [0.29, 0.717) is 5.69 Å². The van der Waals surface area contributed by atoms with Gasteiger partial charge in [0.25, 0.3) is 5.91 Å². The first-order valence-electron chi connectivity index (χ1n) is 5.50. The average molecular weight is 257 g/mol. The van der Waals surface area contributed by atoms with E-state index >= 15 is 0 Å². The molecule has 0 spiro atoms. The number of benzene rings is 1. The van der Waals surface area contributed by atoms with Crippen molar-refractivity contribution in [3.05, 3.63) is 40.9 Å². The smallest absolute Gasteiger partial charge is 0.266 e. The van der Waals surface area contributed by atoms with Gasteiger partial charge in [0.2, 0.25) is 0 Å². The van der Waals surface area contributed by atoms with Crippen LogP contribution in [0.4, 0.5) is 0 Å². The number of nitrogens with two attached hydrogens (primary N) is 1. The second-order valence-electron chi connectivity index (χ2n) is 4.06. The molecular formula is C13H11N3OS. The summed E-state index contributed by atoms with van der Waals surface area (Å²) in [4.78, 5) is 12.3. The van der Waals surface area contributed by atoms with E-state index in [0.717, 1.165) is 16.6 Å². The van der Waals surface area contributed by atoms with Crippen LogP contribution < -0.4 is 5.73 Å². The molecule has 0 aliphatic carbocycles. The Kier molecular flexibility index (Phi) is 2.41. The molecule has 0 saturated heterocycles. The third-order valence-corrected chi connectivity index (χ3v) is 3.96. The van der Waals surface area contributed by atoms with Crippen LogP contribution in [0.3, 0.4) is 0 Å². The first-order chi connectivity index (χ1) is 8.66. The minimum absolute atomic E-state index is 0.333. The quantitative estimate of drug-likeness (QED) is 0.741. The van der Waals surface area contributed by atoms with Gasteiger partial charge < -0.3 is 5.73 Å². The van der Waals surface area contributed by atoms with E-state index in [9.17, 15) is 4.79 Å². The number of nitrogens with zero attached hydrogens (tertiary/aromatic N) is 1. The number of H-pyrrole nitrogens is 1. The summed E-state index contributed by atoms with van der Waals surface area (Å²) in [5.41, 5.74) is 7.39. The third kappa shape index (κ3) is 1.60. The fourth-order valence-electron chi connectivity index (χ4n) is 2.06. The lowest BCUT2D eigenvalue weighted by Gasteiger charge is -1.95. The molecule has 0 bridgehead atoms. The molecule has 0 aliphatic rings. The van der Waals surface area contributed by atoms with Gasteiger partial charge in [-0.1, -0.05) is 18.2 Å². The van der Waals surface area contributed by atoms with E-state index in [1.807, 2.05) is 12.1 Å². The van der Waals surface area contributed by atoms with E-state index in [-0.39, 0.29) is 0 Å². The van der Waals surface area contributed by atoms with E-state index in [1.165, 1.54) is 9.58 Å². The summed E-state index contributed by atoms with van der Waals surface area (Å²) in [6.07, 6.45) is 0. The fourth-order valence-corrected chi connectivity index (χ4v) is 3.14. The Balaban J connectivity index is 2.24. The first kappa shape index (κ1) is 11.0. The number of aryl methyl sites for hydroxylation is 1. The van der Waals surface area contributed by atoms with Crippen molar-refractivity contribution < 1.29 is 4.79 Å². The Labute approximate surface area is 107 Å². The van der Waals surface area contributed by atoms with Gasteiger partial charge in [-0.05, 0) is 19.1 Å². The Morgan fingerprint density at radius 2 is 2.17 bits per heavy atom. The van der Waals surface area contributed by atoms with E-state index < -0.39 is 5.91 Å². The predicted molar refractivity (Wildman–Crippen MR) is 72.7 cm³/mol. The van der Waals surface area contributed by atoms with Crippen molar-refractivity contribution in [2.75, 3.05) is 0 Å². The molecule has 3 aromatic rings. The summed E-state index contributed by atoms with van der Waals surface area (Å²) in [5, 5.41) is 7.99. The van der Waals surface area contributed by atoms with Crippen LogP contribution in [0.5, 0.6) is 0 Å². The van der Waals surface area contributed by atoms with Gasteiger partial charge in [0.15, 0.2) is 0 Å². The number of rotatable bonds is 2. The predicted octanol–water partition coefficient (Wildman–Crippen LogP) is 2.70. The lowest BCUT2D eigenvalue weighted by Crippen LogP contribution is -2.10. The molecule has 5 heteroatoms. The van der Waals surface area contributed by atoms with Gasteiger partial charge in [0.05, 0.1) is 5.69 Å². The van der Waals surface area contributed by atoms with Crippen LogP contribution in [0.1, 0.15) is 15.4 Å². The topological polar surface area (TPSA) is 71.8 Å². The number of fused-ring (bicyclic) bond motifs is 1. The second-order valence-corrected chi connectivity index (χ2v) is 5.32. The van der Waals surface area contributed by atoms with Gasteiger partial charge in [0, 0.05) is 20.5 Å². The number of primary amides is 1. The van der Waals surface area contributed by atoms with Crippen LogP contribution in [-0.2, 0) is 0 Å². The van der Waals surface area contributed by atoms with Crippen LogP contribution in [0.15, 0.2) is 30.3 Å². The van der Waals surface area contributed by atoms with Crippen LogP contribution in [0.2, 0.25) is 0 Å². The molecule has 0 atom stereocenters. The van der Waals surface area contributed by atoms with E-state index in [1.54, 1.807) is 17.4 Å². The van der Waals surface area contributed by atoms with Crippen molar-refractivity contribution in [3.63, 3.8) is 0 Å². The minimum Gasteiger partial charge on any atom is -0.364 e. The molecule has 18 heavy (non-hydrogen) atoms. The van der Waals surface area contributed by atoms with Crippen molar-refractivity contribution in [1.29, 1.82) is 0 Å². The number of aromatic nitrogens is 2. The molecule has 0 radical (unpaired) electrons. The van der Waals surface area contributed by atoms with E-state index in [4.69, 9.17) is 5.73 Å². The standard InChI is InChI=1S/C13H11N3OS/c1-7-12(8-4-2-3-5-11(8)18-7)9-6-10(13(14)17)16-15-9/h2-6H,1H3,(H2,14,17)(H,15,16). The number of amides is 1.